The van der Waals surface area contributed by atoms with Gasteiger partial charge in [0.15, 0.2) is 0 Å². The molecule has 0 N–H and O–H groups in total. The van der Waals surface area contributed by atoms with Gasteiger partial charge in [-0.05, 0) is 36.6 Å². The highest BCUT2D eigenvalue weighted by Crippen LogP contribution is 2.27. The van der Waals surface area contributed by atoms with E-state index >= 15 is 0 Å². The molecule has 2 heterocycles. The van der Waals surface area contributed by atoms with E-state index in [1.165, 1.54) is 6.07 Å². The van der Waals surface area contributed by atoms with E-state index in [1.54, 1.807) is 12.1 Å². The third-order valence-electron chi connectivity index (χ3n) is 3.70. The predicted molar refractivity (Wildman–Crippen MR) is 78.1 cm³/mol. The van der Waals surface area contributed by atoms with E-state index in [1.807, 2.05) is 24.4 Å². The minimum absolute atomic E-state index is 0.194. The zero-order valence-electron chi connectivity index (χ0n) is 11.1. The van der Waals surface area contributed by atoms with Crippen LogP contribution in [0.15, 0.2) is 42.6 Å². The molecule has 0 radical (unpaired) electrons. The number of pyridine rings is 1. The van der Waals surface area contributed by atoms with Gasteiger partial charge >= 0.3 is 0 Å². The van der Waals surface area contributed by atoms with Crippen molar-refractivity contribution in [1.82, 2.24) is 9.88 Å². The van der Waals surface area contributed by atoms with Crippen LogP contribution in [0.5, 0.6) is 0 Å². The molecule has 1 aromatic carbocycles. The predicted octanol–water partition coefficient (Wildman–Crippen LogP) is 3.55. The summed E-state index contributed by atoms with van der Waals surface area (Å²) in [4.78, 5) is 6.64. The van der Waals surface area contributed by atoms with Crippen LogP contribution in [0.4, 0.5) is 4.39 Å². The minimum Gasteiger partial charge on any atom is -0.297 e. The van der Waals surface area contributed by atoms with Gasteiger partial charge in [0.25, 0.3) is 0 Å². The number of nitrogens with zero attached hydrogens (tertiary/aromatic N) is 2. The highest BCUT2D eigenvalue weighted by Gasteiger charge is 2.28. The van der Waals surface area contributed by atoms with Crippen LogP contribution in [0.1, 0.15) is 11.3 Å². The SMILES string of the molecule is Fc1cccc(Cl)c1CC1CN(Cc2ccccn2)C1. The second kappa shape index (κ2) is 5.90. The Morgan fingerprint density at radius 1 is 1.20 bits per heavy atom. The molecular formula is C16H16ClFN2. The van der Waals surface area contributed by atoms with E-state index in [2.05, 4.69) is 9.88 Å². The number of halogens is 2. The number of hydrogen-bond donors (Lipinski definition) is 0. The topological polar surface area (TPSA) is 16.1 Å². The lowest BCUT2D eigenvalue weighted by Crippen LogP contribution is -2.47. The summed E-state index contributed by atoms with van der Waals surface area (Å²) in [6, 6.07) is 10.8. The van der Waals surface area contributed by atoms with Gasteiger partial charge in [0.05, 0.1) is 5.69 Å². The highest BCUT2D eigenvalue weighted by molar-refractivity contribution is 6.31. The Morgan fingerprint density at radius 3 is 2.75 bits per heavy atom. The lowest BCUT2D eigenvalue weighted by Gasteiger charge is -2.39. The first-order valence-electron chi connectivity index (χ1n) is 6.77. The van der Waals surface area contributed by atoms with Gasteiger partial charge in [-0.15, -0.1) is 0 Å². The van der Waals surface area contributed by atoms with Gasteiger partial charge in [-0.2, -0.15) is 0 Å². The molecule has 2 aromatic rings. The Labute approximate surface area is 123 Å². The molecule has 2 nitrogen and oxygen atoms in total. The van der Waals surface area contributed by atoms with E-state index in [-0.39, 0.29) is 5.82 Å². The average Bonchev–Trinajstić information content (AvgIpc) is 2.41. The van der Waals surface area contributed by atoms with Gasteiger partial charge in [0, 0.05) is 36.4 Å². The second-order valence-corrected chi connectivity index (χ2v) is 5.69. The Morgan fingerprint density at radius 2 is 2.05 bits per heavy atom. The summed E-state index contributed by atoms with van der Waals surface area (Å²) in [7, 11) is 0. The summed E-state index contributed by atoms with van der Waals surface area (Å²) in [5, 5.41) is 0.535. The Kier molecular flexibility index (Phi) is 3.99. The summed E-state index contributed by atoms with van der Waals surface area (Å²) in [6.07, 6.45) is 2.52. The van der Waals surface area contributed by atoms with Crippen LogP contribution in [0.3, 0.4) is 0 Å². The molecule has 20 heavy (non-hydrogen) atoms. The molecule has 1 aliphatic heterocycles. The first-order chi connectivity index (χ1) is 9.72. The van der Waals surface area contributed by atoms with Gasteiger partial charge in [0.2, 0.25) is 0 Å². The summed E-state index contributed by atoms with van der Waals surface area (Å²) in [5.74, 6) is 0.286. The largest absolute Gasteiger partial charge is 0.297 e. The molecule has 3 rings (SSSR count). The van der Waals surface area contributed by atoms with Crippen LogP contribution < -0.4 is 0 Å². The van der Waals surface area contributed by atoms with Gasteiger partial charge in [0.1, 0.15) is 5.82 Å². The third kappa shape index (κ3) is 3.00. The van der Waals surface area contributed by atoms with E-state index in [9.17, 15) is 4.39 Å². The average molecular weight is 291 g/mol. The summed E-state index contributed by atoms with van der Waals surface area (Å²) in [6.45, 7) is 2.81. The fraction of sp³-hybridized carbons (Fsp3) is 0.312. The van der Waals surface area contributed by atoms with Crippen LogP contribution in [-0.4, -0.2) is 23.0 Å². The molecule has 0 saturated carbocycles. The van der Waals surface area contributed by atoms with Crippen molar-refractivity contribution >= 4 is 11.6 Å². The molecule has 1 aliphatic rings. The summed E-state index contributed by atoms with van der Waals surface area (Å²) >= 11 is 6.06. The standard InChI is InChI=1S/C16H16ClFN2/c17-15-5-3-6-16(18)14(15)8-12-9-20(10-12)11-13-4-1-2-7-19-13/h1-7,12H,8-11H2. The maximum Gasteiger partial charge on any atom is 0.127 e. The van der Waals surface area contributed by atoms with Crippen LogP contribution in [0, 0.1) is 11.7 Å². The molecule has 0 aliphatic carbocycles. The number of aromatic nitrogens is 1. The maximum atomic E-state index is 13.7. The van der Waals surface area contributed by atoms with E-state index in [0.717, 1.165) is 25.3 Å². The Balaban J connectivity index is 1.54. The molecule has 4 heteroatoms. The van der Waals surface area contributed by atoms with Crippen molar-refractivity contribution in [2.75, 3.05) is 13.1 Å². The van der Waals surface area contributed by atoms with Crippen molar-refractivity contribution in [3.8, 4) is 0 Å². The molecule has 1 fully saturated rings. The van der Waals surface area contributed by atoms with Gasteiger partial charge < -0.3 is 0 Å². The lowest BCUT2D eigenvalue weighted by molar-refractivity contribution is 0.0906. The third-order valence-corrected chi connectivity index (χ3v) is 4.05. The Hall–Kier alpha value is -1.45. The van der Waals surface area contributed by atoms with Crippen LogP contribution >= 0.6 is 11.6 Å². The highest BCUT2D eigenvalue weighted by atomic mass is 35.5. The molecular weight excluding hydrogens is 275 g/mol. The van der Waals surface area contributed by atoms with Gasteiger partial charge in [-0.1, -0.05) is 23.7 Å². The fourth-order valence-electron chi connectivity index (χ4n) is 2.67. The number of rotatable bonds is 4. The first-order valence-corrected chi connectivity index (χ1v) is 7.15. The summed E-state index contributed by atoms with van der Waals surface area (Å²) < 4.78 is 13.7. The molecule has 1 aromatic heterocycles. The quantitative estimate of drug-likeness (QED) is 0.856. The van der Waals surface area contributed by atoms with Crippen molar-refractivity contribution in [2.24, 2.45) is 5.92 Å². The van der Waals surface area contributed by atoms with Crippen LogP contribution in [-0.2, 0) is 13.0 Å². The first kappa shape index (κ1) is 13.5. The van der Waals surface area contributed by atoms with Crippen LogP contribution in [0.25, 0.3) is 0 Å². The Bertz CT molecular complexity index is 562. The van der Waals surface area contributed by atoms with Gasteiger partial charge in [-0.3, -0.25) is 9.88 Å². The molecule has 0 spiro atoms. The maximum absolute atomic E-state index is 13.7. The molecule has 104 valence electrons. The van der Waals surface area contributed by atoms with Crippen molar-refractivity contribution in [3.05, 3.63) is 64.7 Å². The molecule has 0 atom stereocenters. The van der Waals surface area contributed by atoms with Crippen LogP contribution in [0.2, 0.25) is 5.02 Å². The van der Waals surface area contributed by atoms with Crippen molar-refractivity contribution in [3.63, 3.8) is 0 Å². The lowest BCUT2D eigenvalue weighted by atomic mass is 9.91. The van der Waals surface area contributed by atoms with E-state index < -0.39 is 0 Å². The number of benzene rings is 1. The summed E-state index contributed by atoms with van der Waals surface area (Å²) in [5.41, 5.74) is 1.73. The smallest absolute Gasteiger partial charge is 0.127 e. The number of hydrogen-bond acceptors (Lipinski definition) is 2. The van der Waals surface area contributed by atoms with E-state index in [4.69, 9.17) is 11.6 Å². The zero-order chi connectivity index (χ0) is 13.9. The molecule has 1 saturated heterocycles. The molecule has 0 bridgehead atoms. The molecule has 0 unspecified atom stereocenters. The monoisotopic (exact) mass is 290 g/mol. The fourth-order valence-corrected chi connectivity index (χ4v) is 2.91. The van der Waals surface area contributed by atoms with Gasteiger partial charge in [-0.25, -0.2) is 4.39 Å². The number of likely N-dealkylation sites (tertiary alicyclic amines) is 1. The zero-order valence-corrected chi connectivity index (χ0v) is 11.9. The molecule has 0 amide bonds. The van der Waals surface area contributed by atoms with Crippen molar-refractivity contribution in [2.45, 2.75) is 13.0 Å². The minimum atomic E-state index is -0.194. The van der Waals surface area contributed by atoms with E-state index in [0.29, 0.717) is 22.9 Å². The normalized spacial score (nSPS) is 16.1. The second-order valence-electron chi connectivity index (χ2n) is 5.29. The van der Waals surface area contributed by atoms with Crippen molar-refractivity contribution in [1.29, 1.82) is 0 Å². The van der Waals surface area contributed by atoms with Crippen molar-refractivity contribution < 1.29 is 4.39 Å².